The summed E-state index contributed by atoms with van der Waals surface area (Å²) < 4.78 is 6.24. The van der Waals surface area contributed by atoms with Crippen LogP contribution in [0.4, 0.5) is 0 Å². The van der Waals surface area contributed by atoms with Crippen LogP contribution in [0.2, 0.25) is 0 Å². The Balaban J connectivity index is 1.53. The molecule has 0 aromatic heterocycles. The van der Waals surface area contributed by atoms with Gasteiger partial charge in [-0.25, -0.2) is 0 Å². The van der Waals surface area contributed by atoms with Crippen molar-refractivity contribution in [2.45, 2.75) is 127 Å². The van der Waals surface area contributed by atoms with Gasteiger partial charge in [-0.3, -0.25) is 4.79 Å². The molecule has 4 fully saturated rings. The predicted molar refractivity (Wildman–Crippen MR) is 125 cm³/mol. The third kappa shape index (κ3) is 2.94. The van der Waals surface area contributed by atoms with Gasteiger partial charge in [-0.1, -0.05) is 13.8 Å². The Morgan fingerprint density at radius 1 is 0.912 bits per heavy atom. The first-order valence-corrected chi connectivity index (χ1v) is 13.0. The number of carbonyl (C=O) groups excluding carboxylic acids is 1. The molecule has 7 heteroatoms. The highest BCUT2D eigenvalue weighted by Gasteiger charge is 2.72. The summed E-state index contributed by atoms with van der Waals surface area (Å²) in [6, 6.07) is 0. The van der Waals surface area contributed by atoms with E-state index < -0.39 is 45.6 Å². The van der Waals surface area contributed by atoms with Gasteiger partial charge in [0.2, 0.25) is 0 Å². The van der Waals surface area contributed by atoms with E-state index in [2.05, 4.69) is 0 Å². The summed E-state index contributed by atoms with van der Waals surface area (Å²) in [7, 11) is 0. The summed E-state index contributed by atoms with van der Waals surface area (Å²) in [5.41, 5.74) is -5.48. The van der Waals surface area contributed by atoms with Gasteiger partial charge in [0.05, 0.1) is 35.1 Å². The highest BCUT2D eigenvalue weighted by atomic mass is 16.5. The second-order valence-electron chi connectivity index (χ2n) is 13.4. The molecule has 5 aliphatic rings. The number of fused-ring (bicyclic) bond motifs is 5. The van der Waals surface area contributed by atoms with Crippen LogP contribution >= 0.6 is 0 Å². The molecule has 7 nitrogen and oxygen atoms in total. The zero-order valence-electron chi connectivity index (χ0n) is 21.2. The molecular weight excluding hydrogens is 436 g/mol. The number of hydrogen-bond donors (Lipinski definition) is 5. The molecule has 0 radical (unpaired) electrons. The average Bonchev–Trinajstić information content (AvgIpc) is 3.23. The van der Waals surface area contributed by atoms with Crippen molar-refractivity contribution in [1.82, 2.24) is 0 Å². The topological polar surface area (TPSA) is 127 Å². The molecule has 1 aliphatic heterocycles. The zero-order valence-corrected chi connectivity index (χ0v) is 21.2. The van der Waals surface area contributed by atoms with E-state index in [9.17, 15) is 30.3 Å². The van der Waals surface area contributed by atoms with Gasteiger partial charge in [0.1, 0.15) is 5.60 Å². The number of rotatable bonds is 2. The monoisotopic (exact) mass is 478 g/mol. The van der Waals surface area contributed by atoms with E-state index in [4.69, 9.17) is 4.74 Å². The third-order valence-electron chi connectivity index (χ3n) is 11.1. The van der Waals surface area contributed by atoms with Gasteiger partial charge in [0, 0.05) is 17.3 Å². The molecule has 0 unspecified atom stereocenters. The average molecular weight is 479 g/mol. The minimum atomic E-state index is -1.77. The van der Waals surface area contributed by atoms with Crippen molar-refractivity contribution in [2.24, 2.45) is 22.7 Å². The van der Waals surface area contributed by atoms with Crippen LogP contribution in [0.15, 0.2) is 11.6 Å². The molecule has 5 N–H and O–H groups in total. The molecule has 0 aromatic carbocycles. The number of carbonyl (C=O) groups is 1. The Morgan fingerprint density at radius 3 is 2.18 bits per heavy atom. The van der Waals surface area contributed by atoms with Crippen molar-refractivity contribution in [3.05, 3.63) is 11.6 Å². The summed E-state index contributed by atoms with van der Waals surface area (Å²) in [4.78, 5) is 13.4. The molecule has 1 saturated heterocycles. The lowest BCUT2D eigenvalue weighted by atomic mass is 9.44. The molecule has 34 heavy (non-hydrogen) atoms. The number of aliphatic hydroxyl groups is 5. The van der Waals surface area contributed by atoms with Crippen molar-refractivity contribution >= 4 is 5.78 Å². The third-order valence-corrected chi connectivity index (χ3v) is 11.1. The van der Waals surface area contributed by atoms with Gasteiger partial charge < -0.3 is 30.3 Å². The second-order valence-corrected chi connectivity index (χ2v) is 13.4. The van der Waals surface area contributed by atoms with E-state index in [1.807, 2.05) is 34.6 Å². The van der Waals surface area contributed by atoms with Crippen LogP contribution in [0.1, 0.15) is 86.0 Å². The first-order chi connectivity index (χ1) is 15.5. The molecule has 10 atom stereocenters. The van der Waals surface area contributed by atoms with Crippen LogP contribution in [-0.4, -0.2) is 72.0 Å². The van der Waals surface area contributed by atoms with Crippen LogP contribution in [0.5, 0.6) is 0 Å². The maximum absolute atomic E-state index is 13.4. The molecule has 1 heterocycles. The van der Waals surface area contributed by atoms with Gasteiger partial charge in [-0.2, -0.15) is 0 Å². The molecule has 0 amide bonds. The normalized spacial score (nSPS) is 54.0. The van der Waals surface area contributed by atoms with Crippen molar-refractivity contribution in [3.8, 4) is 0 Å². The summed E-state index contributed by atoms with van der Waals surface area (Å²) in [5.74, 6) is -1.00. The maximum atomic E-state index is 13.4. The lowest BCUT2D eigenvalue weighted by molar-refractivity contribution is -0.213. The number of ether oxygens (including phenoxy) is 1. The van der Waals surface area contributed by atoms with Crippen LogP contribution in [0.3, 0.4) is 0 Å². The van der Waals surface area contributed by atoms with Crippen molar-refractivity contribution in [1.29, 1.82) is 0 Å². The first kappa shape index (κ1) is 24.8. The van der Waals surface area contributed by atoms with E-state index in [0.29, 0.717) is 31.3 Å². The Morgan fingerprint density at radius 2 is 1.56 bits per heavy atom. The second kappa shape index (κ2) is 7.14. The highest BCUT2D eigenvalue weighted by Crippen LogP contribution is 2.69. The van der Waals surface area contributed by atoms with E-state index in [0.717, 1.165) is 12.8 Å². The molecule has 0 aromatic rings. The molecule has 0 spiro atoms. The lowest BCUT2D eigenvalue weighted by Gasteiger charge is -2.62. The molecule has 3 saturated carbocycles. The summed E-state index contributed by atoms with van der Waals surface area (Å²) >= 11 is 0. The Bertz CT molecular complexity index is 926. The van der Waals surface area contributed by atoms with Crippen molar-refractivity contribution in [3.63, 3.8) is 0 Å². The summed E-state index contributed by atoms with van der Waals surface area (Å²) in [5, 5.41) is 56.4. The fraction of sp³-hybridized carbons (Fsp3) is 0.889. The van der Waals surface area contributed by atoms with E-state index >= 15 is 0 Å². The van der Waals surface area contributed by atoms with Crippen LogP contribution < -0.4 is 0 Å². The first-order valence-electron chi connectivity index (χ1n) is 13.0. The van der Waals surface area contributed by atoms with Crippen molar-refractivity contribution < 1.29 is 35.1 Å². The maximum Gasteiger partial charge on any atom is 0.187 e. The molecule has 0 bridgehead atoms. The summed E-state index contributed by atoms with van der Waals surface area (Å²) in [6.45, 7) is 9.77. The fourth-order valence-electron chi connectivity index (χ4n) is 8.91. The van der Waals surface area contributed by atoms with E-state index in [-0.39, 0.29) is 36.4 Å². The van der Waals surface area contributed by atoms with E-state index in [1.54, 1.807) is 0 Å². The number of hydrogen-bond acceptors (Lipinski definition) is 7. The predicted octanol–water partition coefficient (Wildman–Crippen LogP) is 2.01. The van der Waals surface area contributed by atoms with Crippen LogP contribution in [-0.2, 0) is 9.53 Å². The molecular formula is C27H42O7. The minimum Gasteiger partial charge on any atom is -0.390 e. The quantitative estimate of drug-likeness (QED) is 0.411. The Hall–Kier alpha value is -0.830. The van der Waals surface area contributed by atoms with Gasteiger partial charge in [-0.05, 0) is 89.2 Å². The van der Waals surface area contributed by atoms with Gasteiger partial charge in [-0.15, -0.1) is 0 Å². The van der Waals surface area contributed by atoms with E-state index in [1.165, 1.54) is 6.08 Å². The standard InChI is InChI=1S/C27H42O7/c1-22(2)9-8-21(34-22)25(5,31)19-7-11-26(32)16-12-20(30)27(33)14-18(29)17(28)13-24(27,4)15(16)6-10-23(19,26)3/h12,15,17-19,21,28-29,31-33H,6-11,13-14H2,1-5H3/t15-,17-,18+,19-,21-,23+,24+,25+,26+,27+/m0/s1. The van der Waals surface area contributed by atoms with Gasteiger partial charge in [0.15, 0.2) is 5.78 Å². The SMILES string of the molecule is CC1(C)CC[C@@H]([C@](C)(O)[C@H]2CC[C@@]3(O)C4=CC(=O)[C@]5(O)C[C@@H](O)[C@@H](O)C[C@]5(C)[C@H]4CC[C@]23C)O1. The minimum absolute atomic E-state index is 0.0946. The lowest BCUT2D eigenvalue weighted by Crippen LogP contribution is -2.69. The Kier molecular flexibility index (Phi) is 5.22. The van der Waals surface area contributed by atoms with Crippen LogP contribution in [0, 0.1) is 22.7 Å². The zero-order chi connectivity index (χ0) is 25.1. The highest BCUT2D eigenvalue weighted by molar-refractivity contribution is 6.00. The Labute approximate surface area is 202 Å². The number of aliphatic hydroxyl groups excluding tert-OH is 2. The van der Waals surface area contributed by atoms with Crippen LogP contribution in [0.25, 0.3) is 0 Å². The fourth-order valence-corrected chi connectivity index (χ4v) is 8.91. The largest absolute Gasteiger partial charge is 0.390 e. The van der Waals surface area contributed by atoms with Gasteiger partial charge in [0.25, 0.3) is 0 Å². The molecule has 5 rings (SSSR count). The molecule has 4 aliphatic carbocycles. The smallest absolute Gasteiger partial charge is 0.187 e. The number of ketones is 1. The summed E-state index contributed by atoms with van der Waals surface area (Å²) in [6.07, 6.45) is 2.75. The van der Waals surface area contributed by atoms with Gasteiger partial charge >= 0.3 is 0 Å². The van der Waals surface area contributed by atoms with Crippen molar-refractivity contribution in [2.75, 3.05) is 0 Å². The molecule has 192 valence electrons.